The summed E-state index contributed by atoms with van der Waals surface area (Å²) in [6.45, 7) is 4.40. The summed E-state index contributed by atoms with van der Waals surface area (Å²) in [5.41, 5.74) is 5.57. The summed E-state index contributed by atoms with van der Waals surface area (Å²) < 4.78 is 19.6. The summed E-state index contributed by atoms with van der Waals surface area (Å²) in [6.07, 6.45) is 4.75. The highest BCUT2D eigenvalue weighted by atomic mass is 19.1. The normalized spacial score (nSPS) is 20.6. The quantitative estimate of drug-likeness (QED) is 0.807. The lowest BCUT2D eigenvalue weighted by atomic mass is 10.1. The molecule has 0 aliphatic carbocycles. The maximum atomic E-state index is 14.3. The molecule has 0 saturated carbocycles. The van der Waals surface area contributed by atoms with E-state index in [0.717, 1.165) is 44.1 Å². The number of ether oxygens (including phenoxy) is 1. The first kappa shape index (κ1) is 17.7. The molecule has 144 valence electrons. The molecular weight excluding hydrogens is 351 g/mol. The van der Waals surface area contributed by atoms with Crippen LogP contribution >= 0.6 is 0 Å². The zero-order chi connectivity index (χ0) is 18.6. The largest absolute Gasteiger partial charge is 0.381 e. The predicted octanol–water partition coefficient (Wildman–Crippen LogP) is 0.905. The maximum Gasteiger partial charge on any atom is 0.207 e. The monoisotopic (exact) mass is 374 g/mol. The number of hydrogen-bond donors (Lipinski definition) is 2. The van der Waals surface area contributed by atoms with Crippen LogP contribution in [0.3, 0.4) is 0 Å². The van der Waals surface area contributed by atoms with Gasteiger partial charge in [-0.25, -0.2) is 19.9 Å². The van der Waals surface area contributed by atoms with E-state index in [-0.39, 0.29) is 17.7 Å². The molecule has 0 amide bonds. The van der Waals surface area contributed by atoms with Crippen LogP contribution in [-0.4, -0.2) is 65.4 Å². The molecule has 2 aliphatic rings. The summed E-state index contributed by atoms with van der Waals surface area (Å²) in [7, 11) is 0. The summed E-state index contributed by atoms with van der Waals surface area (Å²) in [5, 5.41) is 3.45. The lowest BCUT2D eigenvalue weighted by molar-refractivity contribution is 0.122. The van der Waals surface area contributed by atoms with Crippen LogP contribution < -0.4 is 20.9 Å². The van der Waals surface area contributed by atoms with Crippen molar-refractivity contribution in [2.45, 2.75) is 18.9 Å². The molecule has 0 unspecified atom stereocenters. The van der Waals surface area contributed by atoms with Crippen molar-refractivity contribution in [2.24, 2.45) is 0 Å². The van der Waals surface area contributed by atoms with E-state index in [9.17, 15) is 4.39 Å². The third kappa shape index (κ3) is 4.00. The van der Waals surface area contributed by atoms with E-state index in [1.165, 1.54) is 6.33 Å². The summed E-state index contributed by atoms with van der Waals surface area (Å²) >= 11 is 0. The summed E-state index contributed by atoms with van der Waals surface area (Å²) in [5.74, 6) is 1.22. The van der Waals surface area contributed by atoms with Crippen LogP contribution in [-0.2, 0) is 4.74 Å². The highest BCUT2D eigenvalue weighted by Crippen LogP contribution is 2.24. The van der Waals surface area contributed by atoms with Crippen LogP contribution in [0.15, 0.2) is 18.7 Å². The molecule has 10 heteroatoms. The third-order valence-electron chi connectivity index (χ3n) is 4.86. The zero-order valence-corrected chi connectivity index (χ0v) is 15.0. The Bertz CT molecular complexity index is 785. The lowest BCUT2D eigenvalue weighted by Gasteiger charge is -2.34. The van der Waals surface area contributed by atoms with Crippen molar-refractivity contribution in [3.05, 3.63) is 24.5 Å². The Labute approximate surface area is 156 Å². The van der Waals surface area contributed by atoms with Gasteiger partial charge in [-0.1, -0.05) is 0 Å². The molecule has 3 N–H and O–H groups in total. The number of nitrogens with zero attached hydrogens (tertiary/aromatic N) is 6. The van der Waals surface area contributed by atoms with Crippen molar-refractivity contribution in [1.29, 1.82) is 0 Å². The van der Waals surface area contributed by atoms with Crippen molar-refractivity contribution in [3.8, 4) is 0 Å². The van der Waals surface area contributed by atoms with E-state index < -0.39 is 5.82 Å². The van der Waals surface area contributed by atoms with E-state index in [2.05, 4.69) is 30.2 Å². The molecule has 9 nitrogen and oxygen atoms in total. The molecular formula is C17H23FN8O. The van der Waals surface area contributed by atoms with Gasteiger partial charge < -0.3 is 25.6 Å². The van der Waals surface area contributed by atoms with Crippen molar-refractivity contribution in [3.63, 3.8) is 0 Å². The zero-order valence-electron chi connectivity index (χ0n) is 15.0. The molecule has 4 heterocycles. The number of nitrogens with one attached hydrogen (secondary N) is 1. The fourth-order valence-electron chi connectivity index (χ4n) is 3.48. The van der Waals surface area contributed by atoms with Crippen molar-refractivity contribution < 1.29 is 9.13 Å². The second-order valence-corrected chi connectivity index (χ2v) is 6.69. The van der Waals surface area contributed by atoms with Gasteiger partial charge in [0.25, 0.3) is 0 Å². The van der Waals surface area contributed by atoms with Gasteiger partial charge in [0.2, 0.25) is 5.82 Å². The van der Waals surface area contributed by atoms with Crippen LogP contribution in [0.1, 0.15) is 12.8 Å². The number of rotatable bonds is 4. The smallest absolute Gasteiger partial charge is 0.207 e. The van der Waals surface area contributed by atoms with Gasteiger partial charge in [-0.15, -0.1) is 0 Å². The van der Waals surface area contributed by atoms with Crippen molar-refractivity contribution in [2.75, 3.05) is 60.2 Å². The first-order valence-electron chi connectivity index (χ1n) is 9.13. The molecule has 2 aliphatic heterocycles. The third-order valence-corrected chi connectivity index (χ3v) is 4.86. The van der Waals surface area contributed by atoms with E-state index in [1.807, 2.05) is 11.0 Å². The summed E-state index contributed by atoms with van der Waals surface area (Å²) in [6, 6.07) is 2.08. The van der Waals surface area contributed by atoms with Gasteiger partial charge in [0.15, 0.2) is 11.6 Å². The number of morpholine rings is 1. The van der Waals surface area contributed by atoms with Crippen molar-refractivity contribution >= 4 is 23.3 Å². The van der Waals surface area contributed by atoms with Crippen LogP contribution in [0.5, 0.6) is 0 Å². The van der Waals surface area contributed by atoms with Gasteiger partial charge in [0.05, 0.1) is 13.2 Å². The maximum absolute atomic E-state index is 14.3. The molecule has 27 heavy (non-hydrogen) atoms. The molecule has 0 spiro atoms. The van der Waals surface area contributed by atoms with Crippen LogP contribution in [0.2, 0.25) is 0 Å². The van der Waals surface area contributed by atoms with Crippen molar-refractivity contribution in [1.82, 2.24) is 19.9 Å². The fraction of sp³-hybridized carbons (Fsp3) is 0.529. The second kappa shape index (κ2) is 7.87. The molecule has 2 saturated heterocycles. The van der Waals surface area contributed by atoms with E-state index in [0.29, 0.717) is 19.8 Å². The number of nitrogens with two attached hydrogens (primary N) is 1. The molecule has 2 fully saturated rings. The van der Waals surface area contributed by atoms with Gasteiger partial charge in [-0.3, -0.25) is 0 Å². The predicted molar refractivity (Wildman–Crippen MR) is 100 cm³/mol. The molecule has 0 aromatic carbocycles. The summed E-state index contributed by atoms with van der Waals surface area (Å²) in [4.78, 5) is 20.6. The van der Waals surface area contributed by atoms with Gasteiger partial charge >= 0.3 is 0 Å². The second-order valence-electron chi connectivity index (χ2n) is 6.69. The van der Waals surface area contributed by atoms with Crippen LogP contribution in [0.4, 0.5) is 27.7 Å². The minimum Gasteiger partial charge on any atom is -0.381 e. The molecule has 2 aromatic heterocycles. The van der Waals surface area contributed by atoms with Crippen LogP contribution in [0.25, 0.3) is 0 Å². The van der Waals surface area contributed by atoms with Gasteiger partial charge in [-0.05, 0) is 12.8 Å². The number of nitrogen functional groups attached to an aromatic ring is 1. The standard InChI is InChI=1S/C17H23FN8O/c18-15-16(19)22-11-23-17(15)26-3-1-2-12(9-26)24-13-8-14(21-10-20-13)25-4-6-27-7-5-25/h8,10-12H,1-7,9H2,(H2,19,22,23)(H,20,21,24)/t12-/m1/s1. The number of piperidine rings is 1. The van der Waals surface area contributed by atoms with Crippen LogP contribution in [0, 0.1) is 5.82 Å². The van der Waals surface area contributed by atoms with Gasteiger partial charge in [-0.2, -0.15) is 4.39 Å². The van der Waals surface area contributed by atoms with E-state index in [1.54, 1.807) is 6.33 Å². The number of anilines is 4. The Morgan fingerprint density at radius 3 is 2.74 bits per heavy atom. The van der Waals surface area contributed by atoms with Gasteiger partial charge in [0, 0.05) is 38.3 Å². The topological polar surface area (TPSA) is 105 Å². The first-order chi connectivity index (χ1) is 13.2. The minimum absolute atomic E-state index is 0.124. The average molecular weight is 374 g/mol. The Hall–Kier alpha value is -2.75. The Balaban J connectivity index is 1.44. The van der Waals surface area contributed by atoms with Gasteiger partial charge in [0.1, 0.15) is 24.3 Å². The molecule has 4 rings (SSSR count). The first-order valence-corrected chi connectivity index (χ1v) is 9.13. The van der Waals surface area contributed by atoms with E-state index in [4.69, 9.17) is 10.5 Å². The highest BCUT2D eigenvalue weighted by Gasteiger charge is 2.24. The molecule has 1 atom stereocenters. The average Bonchev–Trinajstić information content (AvgIpc) is 2.71. The minimum atomic E-state index is -0.560. The molecule has 0 radical (unpaired) electrons. The SMILES string of the molecule is Nc1ncnc(N2CCC[C@@H](Nc3cc(N4CCOCC4)ncn3)C2)c1F. The fourth-order valence-corrected chi connectivity index (χ4v) is 3.48. The molecule has 0 bridgehead atoms. The Kier molecular flexibility index (Phi) is 5.14. The Morgan fingerprint density at radius 1 is 1.07 bits per heavy atom. The number of halogens is 1. The highest BCUT2D eigenvalue weighted by molar-refractivity contribution is 5.51. The number of aromatic nitrogens is 4. The molecule has 2 aromatic rings. The number of hydrogen-bond acceptors (Lipinski definition) is 9. The van der Waals surface area contributed by atoms with E-state index >= 15 is 0 Å². The Morgan fingerprint density at radius 2 is 1.89 bits per heavy atom. The lowest BCUT2D eigenvalue weighted by Crippen LogP contribution is -2.43.